The summed E-state index contributed by atoms with van der Waals surface area (Å²) in [6, 6.07) is 14.5. The van der Waals surface area contributed by atoms with E-state index in [2.05, 4.69) is 20.0 Å². The van der Waals surface area contributed by atoms with Gasteiger partial charge in [-0.2, -0.15) is 0 Å². The quantitative estimate of drug-likeness (QED) is 0.270. The van der Waals surface area contributed by atoms with E-state index in [1.54, 1.807) is 18.2 Å². The summed E-state index contributed by atoms with van der Waals surface area (Å²) >= 11 is 0. The van der Waals surface area contributed by atoms with E-state index < -0.39 is 15.9 Å². The smallest absolute Gasteiger partial charge is 0.272 e. The van der Waals surface area contributed by atoms with Gasteiger partial charge in [-0.05, 0) is 49.1 Å². The van der Waals surface area contributed by atoms with Gasteiger partial charge in [-0.15, -0.1) is 0 Å². The molecule has 10 heteroatoms. The fraction of sp³-hybridized carbons (Fsp3) is 0.286. The van der Waals surface area contributed by atoms with Crippen LogP contribution in [0.5, 0.6) is 17.2 Å². The minimum atomic E-state index is -3.59. The number of rotatable bonds is 7. The van der Waals surface area contributed by atoms with Gasteiger partial charge in [0.25, 0.3) is 5.91 Å². The molecule has 4 rings (SSSR count). The third kappa shape index (κ3) is 6.08. The zero-order chi connectivity index (χ0) is 27.8. The second kappa shape index (κ2) is 10.0. The Labute approximate surface area is 222 Å². The van der Waals surface area contributed by atoms with Crippen molar-refractivity contribution in [1.29, 1.82) is 0 Å². The van der Waals surface area contributed by atoms with E-state index in [1.807, 2.05) is 65.0 Å². The number of fused-ring (bicyclic) bond motifs is 1. The summed E-state index contributed by atoms with van der Waals surface area (Å²) in [6.45, 7) is 9.79. The summed E-state index contributed by atoms with van der Waals surface area (Å²) < 4.78 is 38.2. The highest BCUT2D eigenvalue weighted by Crippen LogP contribution is 2.39. The summed E-state index contributed by atoms with van der Waals surface area (Å²) in [7, 11) is -2.17. The number of hydrogen-bond donors (Lipinski definition) is 3. The number of amides is 1. The number of sulfonamides is 1. The maximum Gasteiger partial charge on any atom is 0.272 e. The summed E-state index contributed by atoms with van der Waals surface area (Å²) in [5, 5.41) is 3.68. The van der Waals surface area contributed by atoms with E-state index in [-0.39, 0.29) is 16.9 Å². The number of benzene rings is 2. The van der Waals surface area contributed by atoms with Gasteiger partial charge >= 0.3 is 0 Å². The second-order valence-electron chi connectivity index (χ2n) is 10.3. The Morgan fingerprint density at radius 2 is 1.66 bits per heavy atom. The Balaban J connectivity index is 1.71. The molecule has 0 atom stereocenters. The van der Waals surface area contributed by atoms with Crippen LogP contribution in [-0.2, 0) is 15.4 Å². The molecule has 0 unspecified atom stereocenters. The maximum absolute atomic E-state index is 13.4. The van der Waals surface area contributed by atoms with Gasteiger partial charge in [0.2, 0.25) is 10.0 Å². The van der Waals surface area contributed by atoms with Crippen LogP contribution in [-0.4, -0.2) is 37.7 Å². The van der Waals surface area contributed by atoms with Crippen LogP contribution in [0.2, 0.25) is 0 Å². The summed E-state index contributed by atoms with van der Waals surface area (Å²) in [6.07, 6.45) is 1.06. The minimum absolute atomic E-state index is 0.209. The van der Waals surface area contributed by atoms with Gasteiger partial charge in [0.15, 0.2) is 11.5 Å². The molecule has 0 saturated heterocycles. The molecule has 200 valence electrons. The number of aromatic nitrogens is 2. The molecule has 0 aliphatic rings. The molecule has 2 heterocycles. The van der Waals surface area contributed by atoms with Crippen LogP contribution >= 0.6 is 0 Å². The van der Waals surface area contributed by atoms with Crippen LogP contribution < -0.4 is 19.5 Å². The molecule has 9 nitrogen and oxygen atoms in total. The van der Waals surface area contributed by atoms with Crippen LogP contribution in [0.4, 0.5) is 11.4 Å². The van der Waals surface area contributed by atoms with Crippen LogP contribution in [0.1, 0.15) is 48.2 Å². The Hall–Kier alpha value is -4.05. The number of hydrogen-bond acceptors (Lipinski definition) is 6. The summed E-state index contributed by atoms with van der Waals surface area (Å²) in [5.74, 6) is 1.01. The van der Waals surface area contributed by atoms with Crippen LogP contribution in [0, 0.1) is 13.8 Å². The zero-order valence-electron chi connectivity index (χ0n) is 22.5. The molecule has 0 bridgehead atoms. The SMILES string of the molecule is COc1c(NC(=O)c2cc3cccc(Oc4cc(C)nc(C)c4)c3[nH]2)cc(C(C)(C)C)cc1NS(C)(=O)=O. The molecule has 3 N–H and O–H groups in total. The molecular formula is C28H32N4O5S. The van der Waals surface area contributed by atoms with Crippen molar-refractivity contribution in [3.63, 3.8) is 0 Å². The Kier molecular flexibility index (Phi) is 7.12. The molecule has 0 saturated carbocycles. The number of carbonyl (C=O) groups excluding carboxylic acids is 1. The molecule has 1 amide bonds. The molecule has 38 heavy (non-hydrogen) atoms. The lowest BCUT2D eigenvalue weighted by Gasteiger charge is -2.23. The van der Waals surface area contributed by atoms with Gasteiger partial charge in [0, 0.05) is 28.9 Å². The van der Waals surface area contributed by atoms with Crippen molar-refractivity contribution >= 4 is 38.2 Å². The Bertz CT molecular complexity index is 1610. The average Bonchev–Trinajstić information content (AvgIpc) is 3.22. The fourth-order valence-corrected chi connectivity index (χ4v) is 4.71. The number of anilines is 2. The lowest BCUT2D eigenvalue weighted by Crippen LogP contribution is -2.18. The number of aryl methyl sites for hydroxylation is 2. The normalized spacial score (nSPS) is 11.9. The Morgan fingerprint density at radius 3 is 2.26 bits per heavy atom. The first-order chi connectivity index (χ1) is 17.7. The largest absolute Gasteiger partial charge is 0.492 e. The lowest BCUT2D eigenvalue weighted by atomic mass is 9.86. The zero-order valence-corrected chi connectivity index (χ0v) is 23.3. The lowest BCUT2D eigenvalue weighted by molar-refractivity contribution is 0.102. The van der Waals surface area contributed by atoms with Crippen molar-refractivity contribution in [2.45, 2.75) is 40.0 Å². The average molecular weight is 537 g/mol. The van der Waals surface area contributed by atoms with E-state index in [4.69, 9.17) is 9.47 Å². The highest BCUT2D eigenvalue weighted by molar-refractivity contribution is 7.92. The number of H-pyrrole nitrogens is 1. The summed E-state index contributed by atoms with van der Waals surface area (Å²) in [5.41, 5.74) is 3.73. The topological polar surface area (TPSA) is 122 Å². The monoisotopic (exact) mass is 536 g/mol. The van der Waals surface area contributed by atoms with Crippen LogP contribution in [0.25, 0.3) is 10.9 Å². The fourth-order valence-electron chi connectivity index (χ4n) is 4.16. The van der Waals surface area contributed by atoms with E-state index in [0.29, 0.717) is 28.4 Å². The van der Waals surface area contributed by atoms with E-state index in [9.17, 15) is 13.2 Å². The molecule has 0 aliphatic carbocycles. The number of para-hydroxylation sites is 1. The van der Waals surface area contributed by atoms with Gasteiger partial charge < -0.3 is 19.8 Å². The van der Waals surface area contributed by atoms with Gasteiger partial charge in [-0.1, -0.05) is 32.9 Å². The molecule has 4 aromatic rings. The highest BCUT2D eigenvalue weighted by Gasteiger charge is 2.23. The highest BCUT2D eigenvalue weighted by atomic mass is 32.2. The second-order valence-corrected chi connectivity index (χ2v) is 12.0. The third-order valence-electron chi connectivity index (χ3n) is 5.85. The number of ether oxygens (including phenoxy) is 2. The van der Waals surface area contributed by atoms with Gasteiger partial charge in [0.05, 0.1) is 30.3 Å². The molecule has 0 fully saturated rings. The van der Waals surface area contributed by atoms with Crippen LogP contribution in [0.3, 0.4) is 0 Å². The first-order valence-electron chi connectivity index (χ1n) is 12.0. The predicted molar refractivity (Wildman–Crippen MR) is 150 cm³/mol. The number of pyridine rings is 1. The van der Waals surface area contributed by atoms with E-state index in [0.717, 1.165) is 28.6 Å². The van der Waals surface area contributed by atoms with Crippen molar-refractivity contribution in [2.24, 2.45) is 0 Å². The molecular weight excluding hydrogens is 504 g/mol. The van der Waals surface area contributed by atoms with Crippen molar-refractivity contribution < 1.29 is 22.7 Å². The van der Waals surface area contributed by atoms with Crippen molar-refractivity contribution in [1.82, 2.24) is 9.97 Å². The Morgan fingerprint density at radius 1 is 1.00 bits per heavy atom. The number of methoxy groups -OCH3 is 1. The van der Waals surface area contributed by atoms with Crippen molar-refractivity contribution in [3.05, 3.63) is 71.2 Å². The van der Waals surface area contributed by atoms with E-state index in [1.165, 1.54) is 7.11 Å². The molecule has 0 aliphatic heterocycles. The van der Waals surface area contributed by atoms with Gasteiger partial charge in [-0.3, -0.25) is 14.5 Å². The van der Waals surface area contributed by atoms with Gasteiger partial charge in [-0.25, -0.2) is 8.42 Å². The molecule has 0 radical (unpaired) electrons. The van der Waals surface area contributed by atoms with E-state index >= 15 is 0 Å². The first kappa shape index (κ1) is 27.0. The first-order valence-corrected chi connectivity index (χ1v) is 13.9. The maximum atomic E-state index is 13.4. The third-order valence-corrected chi connectivity index (χ3v) is 6.44. The predicted octanol–water partition coefficient (Wildman–Crippen LogP) is 5.90. The number of nitrogens with one attached hydrogen (secondary N) is 3. The molecule has 0 spiro atoms. The van der Waals surface area contributed by atoms with Crippen LogP contribution in [0.15, 0.2) is 48.5 Å². The standard InChI is InChI=1S/C28H32N4O5S/c1-16-11-20(12-17(2)29-16)37-24-10-8-9-18-13-23(30-25(18)24)27(33)31-21-14-19(28(3,4)5)15-22(26(21)36-6)32-38(7,34)35/h8-15,30,32H,1-7H3,(H,31,33). The summed E-state index contributed by atoms with van der Waals surface area (Å²) in [4.78, 5) is 20.9. The van der Waals surface area contributed by atoms with Crippen molar-refractivity contribution in [2.75, 3.05) is 23.4 Å². The minimum Gasteiger partial charge on any atom is -0.492 e. The number of nitrogens with zero attached hydrogens (tertiary/aromatic N) is 1. The van der Waals surface area contributed by atoms with Crippen molar-refractivity contribution in [3.8, 4) is 17.2 Å². The number of carbonyl (C=O) groups is 1. The number of aromatic amines is 1. The van der Waals surface area contributed by atoms with Gasteiger partial charge in [0.1, 0.15) is 11.4 Å². The molecule has 2 aromatic heterocycles. The molecule has 2 aromatic carbocycles.